The van der Waals surface area contributed by atoms with Gasteiger partial charge in [-0.2, -0.15) is 0 Å². The minimum Gasteiger partial charge on any atom is -0.376 e. The molecule has 1 aliphatic carbocycles. The zero-order valence-corrected chi connectivity index (χ0v) is 11.8. The molecule has 2 rings (SSSR count). The molecule has 2 fully saturated rings. The Balaban J connectivity index is 2.19. The third-order valence-corrected chi connectivity index (χ3v) is 4.79. The van der Waals surface area contributed by atoms with E-state index in [-0.39, 0.29) is 5.54 Å². The number of nitrogens with zero attached hydrogens (tertiary/aromatic N) is 1. The van der Waals surface area contributed by atoms with Crippen LogP contribution in [0.2, 0.25) is 0 Å². The highest BCUT2D eigenvalue weighted by molar-refractivity contribution is 5.06. The van der Waals surface area contributed by atoms with Gasteiger partial charge in [-0.05, 0) is 31.1 Å². The lowest BCUT2D eigenvalue weighted by Gasteiger charge is -2.47. The van der Waals surface area contributed by atoms with Crippen LogP contribution in [0.25, 0.3) is 0 Å². The third-order valence-electron chi connectivity index (χ3n) is 4.79. The highest BCUT2D eigenvalue weighted by atomic mass is 16.5. The fourth-order valence-corrected chi connectivity index (χ4v) is 4.14. The third kappa shape index (κ3) is 2.38. The van der Waals surface area contributed by atoms with E-state index in [1.54, 1.807) is 0 Å². The van der Waals surface area contributed by atoms with E-state index in [1.165, 1.54) is 12.8 Å². The zero-order chi connectivity index (χ0) is 12.7. The maximum absolute atomic E-state index is 6.17. The van der Waals surface area contributed by atoms with Crippen LogP contribution in [0.1, 0.15) is 40.5 Å². The topological polar surface area (TPSA) is 38.5 Å². The molecular weight excluding hydrogens is 212 g/mol. The fourth-order valence-electron chi connectivity index (χ4n) is 4.14. The van der Waals surface area contributed by atoms with Gasteiger partial charge >= 0.3 is 0 Å². The molecule has 2 aliphatic rings. The van der Waals surface area contributed by atoms with E-state index in [9.17, 15) is 0 Å². The Morgan fingerprint density at radius 1 is 1.35 bits per heavy atom. The van der Waals surface area contributed by atoms with Crippen LogP contribution in [0.5, 0.6) is 0 Å². The number of ether oxygens (including phenoxy) is 1. The number of morpholine rings is 1. The average Bonchev–Trinajstić information content (AvgIpc) is 2.49. The van der Waals surface area contributed by atoms with Crippen molar-refractivity contribution in [1.29, 1.82) is 0 Å². The van der Waals surface area contributed by atoms with Crippen LogP contribution < -0.4 is 5.73 Å². The Morgan fingerprint density at radius 2 is 2.06 bits per heavy atom. The number of hydrogen-bond donors (Lipinski definition) is 1. The minimum atomic E-state index is 0.210. The van der Waals surface area contributed by atoms with Crippen molar-refractivity contribution in [1.82, 2.24) is 4.90 Å². The fraction of sp³-hybridized carbons (Fsp3) is 1.00. The van der Waals surface area contributed by atoms with Gasteiger partial charge in [0.2, 0.25) is 0 Å². The first-order chi connectivity index (χ1) is 7.89. The molecule has 1 heterocycles. The lowest BCUT2D eigenvalue weighted by molar-refractivity contribution is -0.0710. The molecule has 3 unspecified atom stereocenters. The number of hydrogen-bond acceptors (Lipinski definition) is 3. The maximum Gasteiger partial charge on any atom is 0.0674 e. The molecule has 100 valence electrons. The summed E-state index contributed by atoms with van der Waals surface area (Å²) in [7, 11) is 0. The van der Waals surface area contributed by atoms with Crippen molar-refractivity contribution in [3.8, 4) is 0 Å². The van der Waals surface area contributed by atoms with Crippen molar-refractivity contribution in [3.63, 3.8) is 0 Å². The van der Waals surface area contributed by atoms with Crippen molar-refractivity contribution in [3.05, 3.63) is 0 Å². The Hall–Kier alpha value is -0.120. The van der Waals surface area contributed by atoms with E-state index in [0.717, 1.165) is 26.2 Å². The molecule has 0 spiro atoms. The SMILES string of the molecule is CC1CN(C2(CN)CC(C)(C)CC2C)CCO1. The molecule has 3 atom stereocenters. The summed E-state index contributed by atoms with van der Waals surface area (Å²) in [4.78, 5) is 2.61. The second-order valence-electron chi connectivity index (χ2n) is 6.88. The molecule has 3 nitrogen and oxygen atoms in total. The summed E-state index contributed by atoms with van der Waals surface area (Å²) >= 11 is 0. The Morgan fingerprint density at radius 3 is 2.53 bits per heavy atom. The number of rotatable bonds is 2. The van der Waals surface area contributed by atoms with Crippen molar-refractivity contribution < 1.29 is 4.74 Å². The zero-order valence-electron chi connectivity index (χ0n) is 11.8. The summed E-state index contributed by atoms with van der Waals surface area (Å²) in [6, 6.07) is 0. The van der Waals surface area contributed by atoms with E-state index in [2.05, 4.69) is 32.6 Å². The van der Waals surface area contributed by atoms with E-state index in [4.69, 9.17) is 10.5 Å². The molecule has 2 N–H and O–H groups in total. The van der Waals surface area contributed by atoms with Crippen molar-refractivity contribution in [2.24, 2.45) is 17.1 Å². The van der Waals surface area contributed by atoms with Gasteiger partial charge < -0.3 is 10.5 Å². The van der Waals surface area contributed by atoms with Crippen LogP contribution in [-0.2, 0) is 4.74 Å². The van der Waals surface area contributed by atoms with Gasteiger partial charge in [-0.25, -0.2) is 0 Å². The molecule has 0 bridgehead atoms. The van der Waals surface area contributed by atoms with Gasteiger partial charge in [-0.15, -0.1) is 0 Å². The van der Waals surface area contributed by atoms with Crippen LogP contribution in [0.15, 0.2) is 0 Å². The van der Waals surface area contributed by atoms with E-state index < -0.39 is 0 Å². The van der Waals surface area contributed by atoms with Crippen molar-refractivity contribution in [2.75, 3.05) is 26.2 Å². The quantitative estimate of drug-likeness (QED) is 0.800. The van der Waals surface area contributed by atoms with Crippen molar-refractivity contribution in [2.45, 2.75) is 52.2 Å². The highest BCUT2D eigenvalue weighted by Crippen LogP contribution is 2.50. The van der Waals surface area contributed by atoms with Gasteiger partial charge in [0.25, 0.3) is 0 Å². The van der Waals surface area contributed by atoms with Gasteiger partial charge in [0.15, 0.2) is 0 Å². The van der Waals surface area contributed by atoms with Gasteiger partial charge in [-0.3, -0.25) is 4.90 Å². The van der Waals surface area contributed by atoms with Gasteiger partial charge in [0.1, 0.15) is 0 Å². The standard InChI is InChI=1S/C14H28N2O/c1-11-7-13(3,4)9-14(11,10-15)16-5-6-17-12(2)8-16/h11-12H,5-10,15H2,1-4H3. The first-order valence-corrected chi connectivity index (χ1v) is 6.96. The molecule has 0 aromatic heterocycles. The Kier molecular flexibility index (Phi) is 3.54. The molecule has 3 heteroatoms. The normalized spacial score (nSPS) is 42.9. The summed E-state index contributed by atoms with van der Waals surface area (Å²) in [6.07, 6.45) is 2.86. The van der Waals surface area contributed by atoms with Crippen LogP contribution >= 0.6 is 0 Å². The lowest BCUT2D eigenvalue weighted by atomic mass is 9.84. The van der Waals surface area contributed by atoms with Crippen LogP contribution in [0.4, 0.5) is 0 Å². The van der Waals surface area contributed by atoms with Gasteiger partial charge in [-0.1, -0.05) is 20.8 Å². The second kappa shape index (κ2) is 4.52. The van der Waals surface area contributed by atoms with E-state index in [1.807, 2.05) is 0 Å². The van der Waals surface area contributed by atoms with Gasteiger partial charge in [0, 0.05) is 25.2 Å². The minimum absolute atomic E-state index is 0.210. The molecule has 1 aliphatic heterocycles. The largest absolute Gasteiger partial charge is 0.376 e. The average molecular weight is 240 g/mol. The first kappa shape index (κ1) is 13.3. The highest BCUT2D eigenvalue weighted by Gasteiger charge is 2.51. The molecule has 0 amide bonds. The second-order valence-corrected chi connectivity index (χ2v) is 6.88. The molecule has 1 saturated carbocycles. The van der Waals surface area contributed by atoms with E-state index >= 15 is 0 Å². The first-order valence-electron chi connectivity index (χ1n) is 6.96. The monoisotopic (exact) mass is 240 g/mol. The van der Waals surface area contributed by atoms with Gasteiger partial charge in [0.05, 0.1) is 12.7 Å². The summed E-state index contributed by atoms with van der Waals surface area (Å²) < 4.78 is 5.66. The number of nitrogens with two attached hydrogens (primary N) is 1. The predicted molar refractivity (Wildman–Crippen MR) is 71.0 cm³/mol. The molecule has 0 radical (unpaired) electrons. The van der Waals surface area contributed by atoms with Crippen molar-refractivity contribution >= 4 is 0 Å². The molecule has 0 aromatic rings. The molecular formula is C14H28N2O. The van der Waals surface area contributed by atoms with Crippen LogP contribution in [0.3, 0.4) is 0 Å². The molecule has 1 saturated heterocycles. The molecule has 17 heavy (non-hydrogen) atoms. The Bertz CT molecular complexity index is 279. The van der Waals surface area contributed by atoms with E-state index in [0.29, 0.717) is 17.4 Å². The predicted octanol–water partition coefficient (Wildman–Crippen LogP) is 1.86. The smallest absolute Gasteiger partial charge is 0.0674 e. The summed E-state index contributed by atoms with van der Waals surface area (Å²) in [5.41, 5.74) is 6.81. The maximum atomic E-state index is 6.17. The lowest BCUT2D eigenvalue weighted by Crippen LogP contribution is -2.60. The van der Waals surface area contributed by atoms with Crippen LogP contribution in [0, 0.1) is 11.3 Å². The molecule has 0 aromatic carbocycles. The Labute approximate surface area is 106 Å². The summed E-state index contributed by atoms with van der Waals surface area (Å²) in [6.45, 7) is 13.0. The van der Waals surface area contributed by atoms with Crippen LogP contribution in [-0.4, -0.2) is 42.8 Å². The summed E-state index contributed by atoms with van der Waals surface area (Å²) in [5, 5.41) is 0. The summed E-state index contributed by atoms with van der Waals surface area (Å²) in [5.74, 6) is 0.688.